The molecular formula is C20H21N3O3. The summed E-state index contributed by atoms with van der Waals surface area (Å²) in [4.78, 5) is 26.6. The Morgan fingerprint density at radius 1 is 1.12 bits per heavy atom. The maximum Gasteiger partial charge on any atom is 0.274 e. The van der Waals surface area contributed by atoms with E-state index in [0.717, 1.165) is 16.7 Å². The van der Waals surface area contributed by atoms with Crippen molar-refractivity contribution in [3.8, 4) is 5.75 Å². The number of nitrogens with zero attached hydrogens (tertiary/aromatic N) is 3. The van der Waals surface area contributed by atoms with Crippen LogP contribution in [-0.2, 0) is 24.8 Å². The van der Waals surface area contributed by atoms with Crippen LogP contribution in [0.2, 0.25) is 0 Å². The van der Waals surface area contributed by atoms with Crippen molar-refractivity contribution < 1.29 is 9.53 Å². The fraction of sp³-hybridized carbons (Fsp3) is 0.250. The standard InChI is InChI=1S/C20H21N3O3/c1-22(13-14-8-4-7-11-18(14)26-3)19(24)12-17-15-9-5-6-10-16(15)20(25)23(2)21-17/h4-11H,12-13H2,1-3H3. The van der Waals surface area contributed by atoms with Crippen molar-refractivity contribution in [2.45, 2.75) is 13.0 Å². The molecule has 6 nitrogen and oxygen atoms in total. The van der Waals surface area contributed by atoms with Crippen molar-refractivity contribution in [1.29, 1.82) is 0 Å². The van der Waals surface area contributed by atoms with E-state index in [1.807, 2.05) is 42.5 Å². The van der Waals surface area contributed by atoms with E-state index in [1.54, 1.807) is 32.2 Å². The minimum atomic E-state index is -0.167. The number of fused-ring (bicyclic) bond motifs is 1. The van der Waals surface area contributed by atoms with Crippen molar-refractivity contribution >= 4 is 16.7 Å². The molecule has 0 bridgehead atoms. The second kappa shape index (κ2) is 7.39. The maximum absolute atomic E-state index is 12.7. The highest BCUT2D eigenvalue weighted by Gasteiger charge is 2.16. The average molecular weight is 351 g/mol. The van der Waals surface area contributed by atoms with Crippen LogP contribution < -0.4 is 10.3 Å². The number of para-hydroxylation sites is 1. The molecule has 1 heterocycles. The summed E-state index contributed by atoms with van der Waals surface area (Å²) in [6, 6.07) is 14.8. The van der Waals surface area contributed by atoms with Gasteiger partial charge in [-0.1, -0.05) is 36.4 Å². The fourth-order valence-electron chi connectivity index (χ4n) is 2.96. The molecule has 0 aliphatic carbocycles. The normalized spacial score (nSPS) is 10.7. The third-order valence-corrected chi connectivity index (χ3v) is 4.38. The Hall–Kier alpha value is -3.15. The van der Waals surface area contributed by atoms with Crippen LogP contribution >= 0.6 is 0 Å². The van der Waals surface area contributed by atoms with E-state index >= 15 is 0 Å². The Balaban J connectivity index is 1.85. The largest absolute Gasteiger partial charge is 0.496 e. The fourth-order valence-corrected chi connectivity index (χ4v) is 2.96. The van der Waals surface area contributed by atoms with E-state index in [2.05, 4.69) is 5.10 Å². The monoisotopic (exact) mass is 351 g/mol. The number of aryl methyl sites for hydroxylation is 1. The summed E-state index contributed by atoms with van der Waals surface area (Å²) in [6.07, 6.45) is 0.125. The number of hydrogen-bond acceptors (Lipinski definition) is 4. The Kier molecular flexibility index (Phi) is 5.02. The summed E-state index contributed by atoms with van der Waals surface area (Å²) < 4.78 is 6.63. The quantitative estimate of drug-likeness (QED) is 0.706. The van der Waals surface area contributed by atoms with Gasteiger partial charge < -0.3 is 9.64 Å². The molecule has 0 saturated carbocycles. The smallest absolute Gasteiger partial charge is 0.274 e. The van der Waals surface area contributed by atoms with Crippen molar-refractivity contribution in [2.75, 3.05) is 14.2 Å². The van der Waals surface area contributed by atoms with Gasteiger partial charge in [-0.15, -0.1) is 0 Å². The molecule has 0 spiro atoms. The molecule has 2 aromatic carbocycles. The summed E-state index contributed by atoms with van der Waals surface area (Å²) in [5.74, 6) is 0.671. The molecule has 3 aromatic rings. The molecule has 6 heteroatoms. The van der Waals surface area contributed by atoms with Crippen molar-refractivity contribution in [1.82, 2.24) is 14.7 Å². The number of benzene rings is 2. The molecule has 0 radical (unpaired) electrons. The first-order valence-electron chi connectivity index (χ1n) is 8.32. The number of carbonyl (C=O) groups is 1. The molecule has 3 rings (SSSR count). The molecule has 0 aliphatic rings. The molecule has 0 unspecified atom stereocenters. The number of carbonyl (C=O) groups excluding carboxylic acids is 1. The number of aromatic nitrogens is 2. The predicted molar refractivity (Wildman–Crippen MR) is 100 cm³/mol. The highest BCUT2D eigenvalue weighted by Crippen LogP contribution is 2.19. The van der Waals surface area contributed by atoms with E-state index in [4.69, 9.17) is 4.74 Å². The first-order valence-corrected chi connectivity index (χ1v) is 8.32. The highest BCUT2D eigenvalue weighted by atomic mass is 16.5. The van der Waals surface area contributed by atoms with Gasteiger partial charge in [-0.2, -0.15) is 5.10 Å². The number of amides is 1. The van der Waals surface area contributed by atoms with Gasteiger partial charge in [0.15, 0.2) is 0 Å². The zero-order chi connectivity index (χ0) is 18.7. The summed E-state index contributed by atoms with van der Waals surface area (Å²) in [5.41, 5.74) is 1.36. The lowest BCUT2D eigenvalue weighted by atomic mass is 10.1. The second-order valence-electron chi connectivity index (χ2n) is 6.16. The molecule has 0 atom stereocenters. The Morgan fingerprint density at radius 2 is 1.77 bits per heavy atom. The Morgan fingerprint density at radius 3 is 2.50 bits per heavy atom. The van der Waals surface area contributed by atoms with E-state index in [9.17, 15) is 9.59 Å². The Bertz CT molecular complexity index is 1010. The first-order chi connectivity index (χ1) is 12.5. The van der Waals surface area contributed by atoms with E-state index in [1.165, 1.54) is 4.68 Å². The van der Waals surface area contributed by atoms with Crippen LogP contribution in [-0.4, -0.2) is 34.7 Å². The van der Waals surface area contributed by atoms with E-state index in [-0.39, 0.29) is 17.9 Å². The third kappa shape index (κ3) is 3.44. The third-order valence-electron chi connectivity index (χ3n) is 4.38. The van der Waals surface area contributed by atoms with Crippen LogP contribution in [0.1, 0.15) is 11.3 Å². The maximum atomic E-state index is 12.7. The van der Waals surface area contributed by atoms with Crippen molar-refractivity contribution in [3.05, 3.63) is 70.1 Å². The van der Waals surface area contributed by atoms with Crippen LogP contribution in [0.25, 0.3) is 10.8 Å². The molecule has 26 heavy (non-hydrogen) atoms. The van der Waals surface area contributed by atoms with Crippen LogP contribution in [0.5, 0.6) is 5.75 Å². The average Bonchev–Trinajstić information content (AvgIpc) is 2.66. The molecule has 0 N–H and O–H groups in total. The number of rotatable bonds is 5. The lowest BCUT2D eigenvalue weighted by molar-refractivity contribution is -0.129. The topological polar surface area (TPSA) is 64.4 Å². The SMILES string of the molecule is COc1ccccc1CN(C)C(=O)Cc1nn(C)c(=O)c2ccccc12. The molecule has 1 aromatic heterocycles. The highest BCUT2D eigenvalue weighted by molar-refractivity contribution is 5.88. The molecule has 1 amide bonds. The summed E-state index contributed by atoms with van der Waals surface area (Å²) in [6.45, 7) is 0.437. The van der Waals surface area contributed by atoms with Crippen molar-refractivity contribution in [2.24, 2.45) is 7.05 Å². The van der Waals surface area contributed by atoms with Gasteiger partial charge in [-0.25, -0.2) is 4.68 Å². The minimum Gasteiger partial charge on any atom is -0.496 e. The summed E-state index contributed by atoms with van der Waals surface area (Å²) >= 11 is 0. The number of hydrogen-bond donors (Lipinski definition) is 0. The van der Waals surface area contributed by atoms with Crippen LogP contribution in [0.15, 0.2) is 53.3 Å². The van der Waals surface area contributed by atoms with Crippen LogP contribution in [0.4, 0.5) is 0 Å². The first kappa shape index (κ1) is 17.7. The van der Waals surface area contributed by atoms with Gasteiger partial charge in [0, 0.05) is 31.6 Å². The lowest BCUT2D eigenvalue weighted by Gasteiger charge is -2.19. The van der Waals surface area contributed by atoms with Gasteiger partial charge in [0.25, 0.3) is 5.56 Å². The number of likely N-dealkylation sites (N-methyl/N-ethyl adjacent to an activating group) is 1. The van der Waals surface area contributed by atoms with Gasteiger partial charge in [-0.05, 0) is 12.1 Å². The zero-order valence-corrected chi connectivity index (χ0v) is 15.1. The molecular weight excluding hydrogens is 330 g/mol. The minimum absolute atomic E-state index is 0.0767. The van der Waals surface area contributed by atoms with Crippen LogP contribution in [0.3, 0.4) is 0 Å². The summed E-state index contributed by atoms with van der Waals surface area (Å²) in [7, 11) is 4.96. The number of ether oxygens (including phenoxy) is 1. The van der Waals surface area contributed by atoms with E-state index < -0.39 is 0 Å². The molecule has 134 valence electrons. The molecule has 0 saturated heterocycles. The van der Waals surface area contributed by atoms with Crippen molar-refractivity contribution in [3.63, 3.8) is 0 Å². The van der Waals surface area contributed by atoms with Gasteiger partial charge >= 0.3 is 0 Å². The Labute approximate surface area is 151 Å². The second-order valence-corrected chi connectivity index (χ2v) is 6.16. The van der Waals surface area contributed by atoms with Gasteiger partial charge in [0.2, 0.25) is 5.91 Å². The predicted octanol–water partition coefficient (Wildman–Crippen LogP) is 2.14. The van der Waals surface area contributed by atoms with Crippen LogP contribution in [0, 0.1) is 0 Å². The molecule has 0 fully saturated rings. The van der Waals surface area contributed by atoms with E-state index in [0.29, 0.717) is 17.6 Å². The van der Waals surface area contributed by atoms with Gasteiger partial charge in [0.1, 0.15) is 5.75 Å². The van der Waals surface area contributed by atoms with Gasteiger partial charge in [-0.3, -0.25) is 9.59 Å². The zero-order valence-electron chi connectivity index (χ0n) is 15.1. The molecule has 0 aliphatic heterocycles. The summed E-state index contributed by atoms with van der Waals surface area (Å²) in [5, 5.41) is 5.58. The lowest BCUT2D eigenvalue weighted by Crippen LogP contribution is -2.30. The number of methoxy groups -OCH3 is 1. The van der Waals surface area contributed by atoms with Gasteiger partial charge in [0.05, 0.1) is 24.6 Å².